The molecule has 0 aromatic carbocycles. The van der Waals surface area contributed by atoms with Crippen LogP contribution in [0.4, 0.5) is 0 Å². The van der Waals surface area contributed by atoms with Gasteiger partial charge in [0.25, 0.3) is 0 Å². The molecule has 0 spiro atoms. The summed E-state index contributed by atoms with van der Waals surface area (Å²) in [5.41, 5.74) is 2.85. The number of rotatable bonds is 0. The molecule has 54 valence electrons. The van der Waals surface area contributed by atoms with Gasteiger partial charge in [-0.3, -0.25) is 0 Å². The lowest BCUT2D eigenvalue weighted by Gasteiger charge is -2.10. The van der Waals surface area contributed by atoms with Crippen molar-refractivity contribution >= 4 is 11.4 Å². The first-order chi connectivity index (χ1) is 4.70. The lowest BCUT2D eigenvalue weighted by molar-refractivity contribution is 0.436. The van der Waals surface area contributed by atoms with Crippen molar-refractivity contribution in [1.29, 1.82) is 0 Å². The fraction of sp³-hybridized carbons (Fsp3) is 0. The Labute approximate surface area is 60.8 Å². The molecule has 10 heavy (non-hydrogen) atoms. The third-order valence-electron chi connectivity index (χ3n) is 1.22. The van der Waals surface area contributed by atoms with Crippen LogP contribution in [0.2, 0.25) is 0 Å². The van der Waals surface area contributed by atoms with Gasteiger partial charge in [0.2, 0.25) is 0 Å². The van der Waals surface area contributed by atoms with Crippen LogP contribution < -0.4 is 0 Å². The van der Waals surface area contributed by atoms with Gasteiger partial charge < -0.3 is 9.11 Å². The Morgan fingerprint density at radius 1 is 1.20 bits per heavy atom. The van der Waals surface area contributed by atoms with Gasteiger partial charge in [-0.2, -0.15) is 0 Å². The second-order valence-electron chi connectivity index (χ2n) is 1.79. The number of hydrogen-bond donors (Lipinski definition) is 1. The van der Waals surface area contributed by atoms with Crippen LogP contribution in [0.3, 0.4) is 0 Å². The van der Waals surface area contributed by atoms with E-state index in [-0.39, 0.29) is 0 Å². The molecule has 0 bridgehead atoms. The summed E-state index contributed by atoms with van der Waals surface area (Å²) < 4.78 is 24.1. The van der Waals surface area contributed by atoms with Crippen LogP contribution in [0.1, 0.15) is 0 Å². The summed E-state index contributed by atoms with van der Waals surface area (Å²) in [6.07, 6.45) is 0. The highest BCUT2D eigenvalue weighted by Crippen LogP contribution is 2.29. The molecule has 2 rings (SSSR count). The molecular weight excluding hydrogens is 152 g/mol. The molecule has 2 aliphatic rings. The minimum atomic E-state index is -2.86. The van der Waals surface area contributed by atoms with Crippen LogP contribution in [-0.4, -0.2) is 13.3 Å². The zero-order valence-electron chi connectivity index (χ0n) is 4.98. The number of benzene rings is 1. The van der Waals surface area contributed by atoms with Gasteiger partial charge in [0.15, 0.2) is 0 Å². The van der Waals surface area contributed by atoms with Crippen molar-refractivity contribution in [3.05, 3.63) is 24.3 Å². The van der Waals surface area contributed by atoms with E-state index in [4.69, 9.17) is 13.3 Å². The van der Waals surface area contributed by atoms with Gasteiger partial charge in [-0.05, 0) is 11.1 Å². The predicted molar refractivity (Wildman–Crippen MR) is 37.0 cm³/mol. The van der Waals surface area contributed by atoms with Crippen molar-refractivity contribution in [3.8, 4) is 11.1 Å². The van der Waals surface area contributed by atoms with Gasteiger partial charge in [0.1, 0.15) is 0 Å². The molecule has 0 amide bonds. The molecule has 0 fully saturated rings. The second kappa shape index (κ2) is 2.92. The van der Waals surface area contributed by atoms with Gasteiger partial charge in [-0.15, -0.1) is 0 Å². The summed E-state index contributed by atoms with van der Waals surface area (Å²) in [6, 6.07) is 8.48. The quantitative estimate of drug-likeness (QED) is 0.580. The first kappa shape index (κ1) is 7.40. The smallest absolute Gasteiger partial charge is 0.0814 e. The van der Waals surface area contributed by atoms with E-state index in [1.807, 2.05) is 0 Å². The third kappa shape index (κ3) is 1.63. The summed E-state index contributed by atoms with van der Waals surface area (Å²) in [5, 5.41) is 0. The van der Waals surface area contributed by atoms with Crippen molar-refractivity contribution < 1.29 is 13.3 Å². The molecule has 3 nitrogen and oxygen atoms in total. The summed E-state index contributed by atoms with van der Waals surface area (Å²) >= 11 is -2.86. The Balaban J connectivity index is 0.000000112. The minimum Gasteiger partial charge on any atom is -0.750 e. The van der Waals surface area contributed by atoms with E-state index in [0.717, 1.165) is 0 Å². The highest BCUT2D eigenvalue weighted by molar-refractivity contribution is 7.73. The summed E-state index contributed by atoms with van der Waals surface area (Å²) in [7, 11) is 0. The molecule has 0 heterocycles. The zero-order valence-corrected chi connectivity index (χ0v) is 5.80. The Morgan fingerprint density at radius 3 is 1.40 bits per heavy atom. The fourth-order valence-electron chi connectivity index (χ4n) is 0.663. The largest absolute Gasteiger partial charge is 0.750 e. The van der Waals surface area contributed by atoms with Crippen LogP contribution in [0.5, 0.6) is 0 Å². The Bertz CT molecular complexity index is 217. The summed E-state index contributed by atoms with van der Waals surface area (Å²) in [5.74, 6) is 0. The molecule has 1 atom stereocenters. The molecule has 0 saturated carbocycles. The minimum absolute atomic E-state index is 1.43. The van der Waals surface area contributed by atoms with Crippen LogP contribution in [0, 0.1) is 0 Å². The molecule has 0 aromatic heterocycles. The number of hydrogen-bond acceptors (Lipinski definition) is 2. The van der Waals surface area contributed by atoms with Crippen LogP contribution in [0.15, 0.2) is 24.3 Å². The lowest BCUT2D eigenvalue weighted by Crippen LogP contribution is -1.85. The highest BCUT2D eigenvalue weighted by atomic mass is 32.2. The molecule has 0 aromatic rings. The van der Waals surface area contributed by atoms with Gasteiger partial charge in [0.05, 0.1) is 11.4 Å². The van der Waals surface area contributed by atoms with Crippen molar-refractivity contribution in [2.45, 2.75) is 0 Å². The normalized spacial score (nSPS) is 13.0. The van der Waals surface area contributed by atoms with Crippen molar-refractivity contribution in [3.63, 3.8) is 0 Å². The Morgan fingerprint density at radius 2 is 1.40 bits per heavy atom. The summed E-state index contributed by atoms with van der Waals surface area (Å²) in [6.45, 7) is 0. The fourth-order valence-corrected chi connectivity index (χ4v) is 0.663. The molecule has 1 unspecified atom stereocenters. The molecule has 2 aliphatic carbocycles. The molecule has 0 aliphatic heterocycles. The van der Waals surface area contributed by atoms with Gasteiger partial charge in [-0.25, -0.2) is 4.21 Å². The Kier molecular flexibility index (Phi) is 2.16. The molecule has 1 N–H and O–H groups in total. The van der Waals surface area contributed by atoms with E-state index in [0.29, 0.717) is 0 Å². The average molecular weight is 157 g/mol. The monoisotopic (exact) mass is 157 g/mol. The van der Waals surface area contributed by atoms with Gasteiger partial charge >= 0.3 is 0 Å². The molecule has 4 heteroatoms. The van der Waals surface area contributed by atoms with Crippen LogP contribution >= 0.6 is 0 Å². The van der Waals surface area contributed by atoms with Crippen molar-refractivity contribution in [2.75, 3.05) is 0 Å². The van der Waals surface area contributed by atoms with Crippen LogP contribution in [-0.2, 0) is 11.4 Å². The van der Waals surface area contributed by atoms with E-state index >= 15 is 0 Å². The van der Waals surface area contributed by atoms with Crippen LogP contribution in [0.25, 0.3) is 11.1 Å². The van der Waals surface area contributed by atoms with Gasteiger partial charge in [0, 0.05) is 0 Å². The van der Waals surface area contributed by atoms with Crippen molar-refractivity contribution in [2.24, 2.45) is 0 Å². The van der Waals surface area contributed by atoms with E-state index in [1.165, 1.54) is 11.1 Å². The second-order valence-corrected chi connectivity index (χ2v) is 2.23. The predicted octanol–water partition coefficient (Wildman–Crippen LogP) is 1.01. The maximum Gasteiger partial charge on any atom is 0.0814 e. The third-order valence-corrected chi connectivity index (χ3v) is 1.22. The maximum atomic E-state index is 8.56. The number of fused-ring (bicyclic) bond motifs is 1. The van der Waals surface area contributed by atoms with E-state index < -0.39 is 11.4 Å². The lowest BCUT2D eigenvalue weighted by atomic mass is 9.95. The van der Waals surface area contributed by atoms with E-state index in [1.54, 1.807) is 0 Å². The summed E-state index contributed by atoms with van der Waals surface area (Å²) in [4.78, 5) is 0. The molecule has 0 radical (unpaired) electrons. The first-order valence-electron chi connectivity index (χ1n) is 2.59. The van der Waals surface area contributed by atoms with Gasteiger partial charge in [-0.1, -0.05) is 24.3 Å². The highest BCUT2D eigenvalue weighted by Gasteiger charge is 2.03. The SMILES string of the molecule is O=S([O-])O.c1cc2ccc1-2. The topological polar surface area (TPSA) is 60.4 Å². The van der Waals surface area contributed by atoms with E-state index in [2.05, 4.69) is 24.3 Å². The molecular formula is C6H5O3S-. The van der Waals surface area contributed by atoms with Crippen molar-refractivity contribution in [1.82, 2.24) is 0 Å². The molecule has 0 saturated heterocycles. The van der Waals surface area contributed by atoms with E-state index in [9.17, 15) is 0 Å². The first-order valence-corrected chi connectivity index (χ1v) is 3.62. The zero-order chi connectivity index (χ0) is 7.56. The Hall–Kier alpha value is -0.710. The maximum absolute atomic E-state index is 8.56. The standard InChI is InChI=1S/C6H4.H2O3S/c1-2-6-4-3-5(1)6;1-4(2)3/h1-4H;(H2,1,2,3)/p-1. The average Bonchev–Trinajstić information content (AvgIpc) is 1.77.